The number of alkyl halides is 3. The number of hydrogen-bond donors (Lipinski definition) is 0. The predicted molar refractivity (Wildman–Crippen MR) is 67.8 cm³/mol. The molecular formula is C11H12BrF3N2O2. The van der Waals surface area contributed by atoms with Crippen molar-refractivity contribution in [2.45, 2.75) is 19.1 Å². The quantitative estimate of drug-likeness (QED) is 0.605. The molecule has 0 N–H and O–H groups in total. The van der Waals surface area contributed by atoms with Crippen molar-refractivity contribution in [3.63, 3.8) is 0 Å². The van der Waals surface area contributed by atoms with Crippen molar-refractivity contribution in [1.82, 2.24) is 4.90 Å². The summed E-state index contributed by atoms with van der Waals surface area (Å²) in [5, 5.41) is 10.7. The number of rotatable bonds is 5. The van der Waals surface area contributed by atoms with Crippen LogP contribution in [0.5, 0.6) is 0 Å². The monoisotopic (exact) mass is 340 g/mol. The van der Waals surface area contributed by atoms with Crippen LogP contribution >= 0.6 is 15.9 Å². The zero-order valence-electron chi connectivity index (χ0n) is 10.1. The minimum atomic E-state index is -4.20. The molecule has 4 nitrogen and oxygen atoms in total. The number of nitro groups is 1. The number of benzene rings is 1. The number of hydrogen-bond acceptors (Lipinski definition) is 3. The Kier molecular flexibility index (Phi) is 5.30. The molecule has 0 unspecified atom stereocenters. The van der Waals surface area contributed by atoms with Crippen LogP contribution in [-0.4, -0.2) is 29.6 Å². The van der Waals surface area contributed by atoms with E-state index >= 15 is 0 Å². The first kappa shape index (κ1) is 15.9. The highest BCUT2D eigenvalue weighted by molar-refractivity contribution is 9.10. The Hall–Kier alpha value is -1.15. The lowest BCUT2D eigenvalue weighted by molar-refractivity contribution is -0.385. The molecule has 0 aromatic heterocycles. The van der Waals surface area contributed by atoms with Gasteiger partial charge in [-0.15, -0.1) is 0 Å². The maximum Gasteiger partial charge on any atom is 0.390 e. The summed E-state index contributed by atoms with van der Waals surface area (Å²) in [4.78, 5) is 11.7. The standard InChI is InChI=1S/C11H12BrF3N2O2/c1-16(6-5-11(13,14)15)7-8-3-2-4-9(10(8)12)17(18)19/h2-4H,5-7H2,1H3. The molecule has 1 aromatic carbocycles. The summed E-state index contributed by atoms with van der Waals surface area (Å²) >= 11 is 3.11. The van der Waals surface area contributed by atoms with Crippen molar-refractivity contribution in [2.24, 2.45) is 0 Å². The van der Waals surface area contributed by atoms with Crippen molar-refractivity contribution >= 4 is 21.6 Å². The second-order valence-corrected chi connectivity index (χ2v) is 4.90. The lowest BCUT2D eigenvalue weighted by atomic mass is 10.2. The van der Waals surface area contributed by atoms with E-state index in [9.17, 15) is 23.3 Å². The van der Waals surface area contributed by atoms with Crippen molar-refractivity contribution < 1.29 is 18.1 Å². The minimum absolute atomic E-state index is 0.0956. The van der Waals surface area contributed by atoms with Crippen molar-refractivity contribution in [2.75, 3.05) is 13.6 Å². The lowest BCUT2D eigenvalue weighted by Gasteiger charge is -2.18. The van der Waals surface area contributed by atoms with E-state index in [2.05, 4.69) is 15.9 Å². The molecule has 0 bridgehead atoms. The first-order valence-corrected chi connectivity index (χ1v) is 6.17. The summed E-state index contributed by atoms with van der Waals surface area (Å²) in [6, 6.07) is 4.49. The fraction of sp³-hybridized carbons (Fsp3) is 0.455. The van der Waals surface area contributed by atoms with Crippen LogP contribution in [0, 0.1) is 10.1 Å². The topological polar surface area (TPSA) is 46.4 Å². The maximum absolute atomic E-state index is 12.1. The Morgan fingerprint density at radius 1 is 1.42 bits per heavy atom. The van der Waals surface area contributed by atoms with Crippen LogP contribution in [-0.2, 0) is 6.54 Å². The third-order valence-corrected chi connectivity index (χ3v) is 3.39. The molecule has 19 heavy (non-hydrogen) atoms. The first-order valence-electron chi connectivity index (χ1n) is 5.38. The van der Waals surface area contributed by atoms with E-state index in [4.69, 9.17) is 0 Å². The molecule has 0 spiro atoms. The summed E-state index contributed by atoms with van der Waals surface area (Å²) < 4.78 is 36.5. The summed E-state index contributed by atoms with van der Waals surface area (Å²) in [5.41, 5.74) is 0.487. The molecule has 0 atom stereocenters. The average Bonchev–Trinajstić information content (AvgIpc) is 2.28. The highest BCUT2D eigenvalue weighted by Gasteiger charge is 2.27. The van der Waals surface area contributed by atoms with Gasteiger partial charge in [-0.05, 0) is 28.5 Å². The normalized spacial score (nSPS) is 11.9. The van der Waals surface area contributed by atoms with Crippen LogP contribution in [0.4, 0.5) is 18.9 Å². The number of nitro benzene ring substituents is 1. The molecule has 0 fully saturated rings. The fourth-order valence-corrected chi connectivity index (χ4v) is 2.05. The van der Waals surface area contributed by atoms with Gasteiger partial charge in [-0.2, -0.15) is 13.2 Å². The summed E-state index contributed by atoms with van der Waals surface area (Å²) in [5.74, 6) is 0. The van der Waals surface area contributed by atoms with Gasteiger partial charge in [0.15, 0.2) is 0 Å². The molecule has 0 heterocycles. The van der Waals surface area contributed by atoms with Gasteiger partial charge in [-0.25, -0.2) is 0 Å². The van der Waals surface area contributed by atoms with Gasteiger partial charge < -0.3 is 4.90 Å². The van der Waals surface area contributed by atoms with Gasteiger partial charge in [-0.1, -0.05) is 12.1 Å². The van der Waals surface area contributed by atoms with Gasteiger partial charge >= 0.3 is 6.18 Å². The van der Waals surface area contributed by atoms with E-state index in [1.807, 2.05) is 0 Å². The Labute approximate surface area is 116 Å². The molecule has 0 saturated heterocycles. The highest BCUT2D eigenvalue weighted by Crippen LogP contribution is 2.29. The number of nitrogens with zero attached hydrogens (tertiary/aromatic N) is 2. The Morgan fingerprint density at radius 3 is 2.58 bits per heavy atom. The molecule has 1 rings (SSSR count). The lowest BCUT2D eigenvalue weighted by Crippen LogP contribution is -2.24. The van der Waals surface area contributed by atoms with Gasteiger partial charge in [0, 0.05) is 19.2 Å². The molecule has 0 amide bonds. The van der Waals surface area contributed by atoms with Crippen LogP contribution < -0.4 is 0 Å². The van der Waals surface area contributed by atoms with Gasteiger partial charge in [0.05, 0.1) is 15.8 Å². The molecule has 0 aliphatic rings. The minimum Gasteiger partial charge on any atom is -0.302 e. The second kappa shape index (κ2) is 6.33. The van der Waals surface area contributed by atoms with E-state index in [0.717, 1.165) is 0 Å². The third-order valence-electron chi connectivity index (χ3n) is 2.47. The third kappa shape index (κ3) is 5.15. The van der Waals surface area contributed by atoms with E-state index < -0.39 is 17.5 Å². The van der Waals surface area contributed by atoms with Gasteiger partial charge in [0.1, 0.15) is 0 Å². The van der Waals surface area contributed by atoms with Crippen LogP contribution in [0.1, 0.15) is 12.0 Å². The van der Waals surface area contributed by atoms with E-state index in [-0.39, 0.29) is 18.8 Å². The maximum atomic E-state index is 12.1. The molecule has 0 aliphatic heterocycles. The van der Waals surface area contributed by atoms with Crippen molar-refractivity contribution in [3.8, 4) is 0 Å². The largest absolute Gasteiger partial charge is 0.390 e. The molecular weight excluding hydrogens is 329 g/mol. The molecule has 8 heteroatoms. The smallest absolute Gasteiger partial charge is 0.302 e. The molecule has 0 saturated carbocycles. The predicted octanol–water partition coefficient (Wildman–Crippen LogP) is 3.74. The zero-order chi connectivity index (χ0) is 14.6. The van der Waals surface area contributed by atoms with Gasteiger partial charge in [-0.3, -0.25) is 10.1 Å². The summed E-state index contributed by atoms with van der Waals surface area (Å²) in [7, 11) is 1.54. The van der Waals surface area contributed by atoms with Gasteiger partial charge in [0.25, 0.3) is 5.69 Å². The van der Waals surface area contributed by atoms with Gasteiger partial charge in [0.2, 0.25) is 0 Å². The number of halogens is 4. The Bertz CT molecular complexity index is 466. The zero-order valence-corrected chi connectivity index (χ0v) is 11.7. The van der Waals surface area contributed by atoms with Crippen molar-refractivity contribution in [3.05, 3.63) is 38.3 Å². The molecule has 0 aliphatic carbocycles. The van der Waals surface area contributed by atoms with E-state index in [1.54, 1.807) is 6.07 Å². The highest BCUT2D eigenvalue weighted by atomic mass is 79.9. The molecule has 106 valence electrons. The van der Waals surface area contributed by atoms with Crippen LogP contribution in [0.15, 0.2) is 22.7 Å². The Balaban J connectivity index is 2.72. The van der Waals surface area contributed by atoms with Crippen LogP contribution in [0.25, 0.3) is 0 Å². The Morgan fingerprint density at radius 2 is 2.05 bits per heavy atom. The van der Waals surface area contributed by atoms with Crippen molar-refractivity contribution in [1.29, 1.82) is 0 Å². The summed E-state index contributed by atoms with van der Waals surface area (Å²) in [6.45, 7) is 0.0526. The average molecular weight is 341 g/mol. The molecule has 0 radical (unpaired) electrons. The second-order valence-electron chi connectivity index (χ2n) is 4.11. The SMILES string of the molecule is CN(CCC(F)(F)F)Cc1cccc([N+](=O)[O-])c1Br. The van der Waals surface area contributed by atoms with Crippen LogP contribution in [0.2, 0.25) is 0 Å². The summed E-state index contributed by atoms with van der Waals surface area (Å²) in [6.07, 6.45) is -5.11. The van der Waals surface area contributed by atoms with E-state index in [1.165, 1.54) is 24.1 Å². The van der Waals surface area contributed by atoms with Crippen LogP contribution in [0.3, 0.4) is 0 Å². The molecule has 1 aromatic rings. The first-order chi connectivity index (χ1) is 8.70. The van der Waals surface area contributed by atoms with E-state index in [0.29, 0.717) is 10.0 Å². The fourth-order valence-electron chi connectivity index (χ4n) is 1.52.